The van der Waals surface area contributed by atoms with Crippen molar-refractivity contribution in [3.63, 3.8) is 0 Å². The van der Waals surface area contributed by atoms with Gasteiger partial charge in [0.15, 0.2) is 0 Å². The summed E-state index contributed by atoms with van der Waals surface area (Å²) in [6, 6.07) is 9.03. The molecular weight excluding hydrogens is 342 g/mol. The number of aromatic nitrogens is 2. The maximum Gasteiger partial charge on any atom is 0.310 e. The molecule has 3 rings (SSSR count). The Morgan fingerprint density at radius 3 is 2.96 bits per heavy atom. The van der Waals surface area contributed by atoms with Gasteiger partial charge < -0.3 is 9.64 Å². The summed E-state index contributed by atoms with van der Waals surface area (Å²) in [6.07, 6.45) is 1.52. The number of nitrogens with zero attached hydrogens (tertiary/aromatic N) is 2. The van der Waals surface area contributed by atoms with Crippen LogP contribution in [0.4, 0.5) is 0 Å². The van der Waals surface area contributed by atoms with Crippen molar-refractivity contribution in [1.29, 1.82) is 0 Å². The van der Waals surface area contributed by atoms with E-state index in [2.05, 4.69) is 10.2 Å². The molecule has 1 aliphatic heterocycles. The van der Waals surface area contributed by atoms with Crippen LogP contribution in [-0.4, -0.2) is 46.7 Å². The lowest BCUT2D eigenvalue weighted by Crippen LogP contribution is -2.43. The fourth-order valence-electron chi connectivity index (χ4n) is 3.02. The minimum Gasteiger partial charge on any atom is -0.466 e. The molecule has 1 saturated heterocycles. The molecule has 0 bridgehead atoms. The van der Waals surface area contributed by atoms with Crippen LogP contribution in [0.2, 0.25) is 5.02 Å². The van der Waals surface area contributed by atoms with Crippen molar-refractivity contribution in [2.24, 2.45) is 5.92 Å². The van der Waals surface area contributed by atoms with E-state index in [1.807, 2.05) is 18.2 Å². The van der Waals surface area contributed by atoms with Gasteiger partial charge in [-0.25, -0.2) is 0 Å². The molecule has 7 heteroatoms. The number of piperidine rings is 1. The largest absolute Gasteiger partial charge is 0.466 e. The third-order valence-electron chi connectivity index (χ3n) is 4.29. The lowest BCUT2D eigenvalue weighted by atomic mass is 9.98. The summed E-state index contributed by atoms with van der Waals surface area (Å²) in [7, 11) is 0. The van der Waals surface area contributed by atoms with Crippen molar-refractivity contribution in [1.82, 2.24) is 15.1 Å². The molecule has 1 amide bonds. The van der Waals surface area contributed by atoms with Gasteiger partial charge in [-0.3, -0.25) is 14.7 Å². The van der Waals surface area contributed by atoms with E-state index in [1.165, 1.54) is 0 Å². The van der Waals surface area contributed by atoms with E-state index < -0.39 is 0 Å². The molecule has 0 aliphatic carbocycles. The summed E-state index contributed by atoms with van der Waals surface area (Å²) in [5, 5.41) is 7.56. The third kappa shape index (κ3) is 3.85. The molecular formula is C18H20ClN3O3. The number of nitrogens with one attached hydrogen (secondary N) is 1. The molecule has 0 radical (unpaired) electrons. The normalized spacial score (nSPS) is 17.4. The average molecular weight is 362 g/mol. The minimum atomic E-state index is -0.261. The molecule has 2 heterocycles. The van der Waals surface area contributed by atoms with Crippen LogP contribution >= 0.6 is 11.6 Å². The first-order chi connectivity index (χ1) is 12.1. The van der Waals surface area contributed by atoms with Crippen molar-refractivity contribution in [3.8, 4) is 11.3 Å². The van der Waals surface area contributed by atoms with Crippen LogP contribution < -0.4 is 0 Å². The molecule has 0 spiro atoms. The van der Waals surface area contributed by atoms with Gasteiger partial charge in [-0.1, -0.05) is 29.8 Å². The standard InChI is InChI=1S/C18H20ClN3O3/c1-2-25-18(24)12-6-5-9-22(11-12)17(23)16-10-15(20-21-16)13-7-3-4-8-14(13)19/h3-4,7-8,10,12H,2,5-6,9,11H2,1H3,(H,20,21). The van der Waals surface area contributed by atoms with Crippen LogP contribution in [0.5, 0.6) is 0 Å². The predicted molar refractivity (Wildman–Crippen MR) is 94.3 cm³/mol. The molecule has 1 unspecified atom stereocenters. The number of likely N-dealkylation sites (tertiary alicyclic amines) is 1. The van der Waals surface area contributed by atoms with Crippen LogP contribution in [0, 0.1) is 5.92 Å². The molecule has 25 heavy (non-hydrogen) atoms. The van der Waals surface area contributed by atoms with Gasteiger partial charge in [0.25, 0.3) is 5.91 Å². The zero-order valence-electron chi connectivity index (χ0n) is 14.0. The van der Waals surface area contributed by atoms with Gasteiger partial charge in [0, 0.05) is 18.7 Å². The Labute approximate surface area is 151 Å². The summed E-state index contributed by atoms with van der Waals surface area (Å²) < 4.78 is 5.08. The summed E-state index contributed by atoms with van der Waals surface area (Å²) in [4.78, 5) is 26.3. The zero-order valence-corrected chi connectivity index (χ0v) is 14.8. The third-order valence-corrected chi connectivity index (χ3v) is 4.62. The van der Waals surface area contributed by atoms with Crippen LogP contribution in [0.15, 0.2) is 30.3 Å². The fraction of sp³-hybridized carbons (Fsp3) is 0.389. The highest BCUT2D eigenvalue weighted by molar-refractivity contribution is 6.33. The van der Waals surface area contributed by atoms with Gasteiger partial charge in [-0.05, 0) is 31.9 Å². The lowest BCUT2D eigenvalue weighted by Gasteiger charge is -2.31. The number of carbonyl (C=O) groups excluding carboxylic acids is 2. The summed E-state index contributed by atoms with van der Waals surface area (Å²) >= 11 is 6.18. The average Bonchev–Trinajstić information content (AvgIpc) is 3.11. The molecule has 0 saturated carbocycles. The quantitative estimate of drug-likeness (QED) is 0.849. The maximum atomic E-state index is 12.7. The first-order valence-electron chi connectivity index (χ1n) is 8.36. The van der Waals surface area contributed by atoms with Crippen molar-refractivity contribution >= 4 is 23.5 Å². The summed E-state index contributed by atoms with van der Waals surface area (Å²) in [6.45, 7) is 3.13. The van der Waals surface area contributed by atoms with Gasteiger partial charge in [0.1, 0.15) is 5.69 Å². The van der Waals surface area contributed by atoms with Crippen LogP contribution in [0.3, 0.4) is 0 Å². The highest BCUT2D eigenvalue weighted by Gasteiger charge is 2.30. The first kappa shape index (κ1) is 17.5. The minimum absolute atomic E-state index is 0.167. The second kappa shape index (κ2) is 7.70. The van der Waals surface area contributed by atoms with E-state index in [0.717, 1.165) is 18.4 Å². The molecule has 6 nitrogen and oxygen atoms in total. The Kier molecular flexibility index (Phi) is 5.38. The van der Waals surface area contributed by atoms with Crippen LogP contribution in [0.25, 0.3) is 11.3 Å². The number of benzene rings is 1. The highest BCUT2D eigenvalue weighted by atomic mass is 35.5. The number of amides is 1. The summed E-state index contributed by atoms with van der Waals surface area (Å²) in [5.41, 5.74) is 1.77. The number of rotatable bonds is 4. The molecule has 1 N–H and O–H groups in total. The van der Waals surface area contributed by atoms with E-state index >= 15 is 0 Å². The van der Waals surface area contributed by atoms with Crippen molar-refractivity contribution in [2.75, 3.05) is 19.7 Å². The highest BCUT2D eigenvalue weighted by Crippen LogP contribution is 2.27. The van der Waals surface area contributed by atoms with E-state index in [1.54, 1.807) is 24.0 Å². The van der Waals surface area contributed by atoms with Gasteiger partial charge in [-0.15, -0.1) is 0 Å². The second-order valence-electron chi connectivity index (χ2n) is 5.99. The van der Waals surface area contributed by atoms with Gasteiger partial charge in [0.05, 0.1) is 23.2 Å². The topological polar surface area (TPSA) is 75.3 Å². The maximum absolute atomic E-state index is 12.7. The molecule has 1 aromatic carbocycles. The molecule has 1 aliphatic rings. The molecule has 1 fully saturated rings. The van der Waals surface area contributed by atoms with Crippen LogP contribution in [0.1, 0.15) is 30.3 Å². The molecule has 1 aromatic heterocycles. The lowest BCUT2D eigenvalue weighted by molar-refractivity contribution is -0.149. The van der Waals surface area contributed by atoms with Gasteiger partial charge in [-0.2, -0.15) is 5.10 Å². The number of carbonyl (C=O) groups is 2. The van der Waals surface area contributed by atoms with Crippen molar-refractivity contribution in [2.45, 2.75) is 19.8 Å². The number of hydrogen-bond donors (Lipinski definition) is 1. The monoisotopic (exact) mass is 361 g/mol. The Balaban J connectivity index is 1.73. The summed E-state index contributed by atoms with van der Waals surface area (Å²) in [5.74, 6) is -0.662. The van der Waals surface area contributed by atoms with Crippen LogP contribution in [-0.2, 0) is 9.53 Å². The van der Waals surface area contributed by atoms with E-state index in [0.29, 0.717) is 36.1 Å². The Morgan fingerprint density at radius 1 is 1.40 bits per heavy atom. The Morgan fingerprint density at radius 2 is 2.20 bits per heavy atom. The number of H-pyrrole nitrogens is 1. The Hall–Kier alpha value is -2.34. The van der Waals surface area contributed by atoms with E-state index in [9.17, 15) is 9.59 Å². The van der Waals surface area contributed by atoms with E-state index in [4.69, 9.17) is 16.3 Å². The zero-order chi connectivity index (χ0) is 17.8. The van der Waals surface area contributed by atoms with Crippen molar-refractivity contribution < 1.29 is 14.3 Å². The molecule has 2 aromatic rings. The number of halogens is 1. The number of ether oxygens (including phenoxy) is 1. The number of aromatic amines is 1. The number of esters is 1. The SMILES string of the molecule is CCOC(=O)C1CCCN(C(=O)c2cc(-c3ccccc3Cl)n[nH]2)C1. The second-order valence-corrected chi connectivity index (χ2v) is 6.40. The fourth-order valence-corrected chi connectivity index (χ4v) is 3.26. The molecule has 132 valence electrons. The smallest absolute Gasteiger partial charge is 0.310 e. The number of hydrogen-bond acceptors (Lipinski definition) is 4. The van der Waals surface area contributed by atoms with E-state index in [-0.39, 0.29) is 17.8 Å². The molecule has 1 atom stereocenters. The first-order valence-corrected chi connectivity index (χ1v) is 8.74. The van der Waals surface area contributed by atoms with Crippen molar-refractivity contribution in [3.05, 3.63) is 41.0 Å². The van der Waals surface area contributed by atoms with Gasteiger partial charge >= 0.3 is 5.97 Å². The predicted octanol–water partition coefficient (Wildman–Crippen LogP) is 3.15. The van der Waals surface area contributed by atoms with Gasteiger partial charge in [0.2, 0.25) is 0 Å². The Bertz CT molecular complexity index is 774.